The van der Waals surface area contributed by atoms with Gasteiger partial charge in [-0.3, -0.25) is 4.98 Å². The van der Waals surface area contributed by atoms with Crippen LogP contribution in [0.5, 0.6) is 0 Å². The summed E-state index contributed by atoms with van der Waals surface area (Å²) in [5.41, 5.74) is 4.13. The van der Waals surface area contributed by atoms with Crippen molar-refractivity contribution in [1.82, 2.24) is 10.3 Å². The highest BCUT2D eigenvalue weighted by Crippen LogP contribution is 2.07. The third-order valence-electron chi connectivity index (χ3n) is 3.11. The molecule has 2 aromatic rings. The normalized spacial score (nSPS) is 10.1. The standard InChI is InChI=1S/C16H19N3O/c1-12-5-3-4-6-14(12)9-10-17-16(20)19-15-8-7-13(2)18-11-15/h3-8,11H,9-10H2,1-2H3,(H2,17,19,20). The first-order valence-corrected chi connectivity index (χ1v) is 6.67. The van der Waals surface area contributed by atoms with Crippen molar-refractivity contribution in [2.24, 2.45) is 0 Å². The van der Waals surface area contributed by atoms with Crippen molar-refractivity contribution >= 4 is 11.7 Å². The van der Waals surface area contributed by atoms with Crippen molar-refractivity contribution in [3.05, 3.63) is 59.4 Å². The largest absolute Gasteiger partial charge is 0.338 e. The zero-order chi connectivity index (χ0) is 14.4. The Morgan fingerprint density at radius 2 is 1.95 bits per heavy atom. The number of nitrogens with zero attached hydrogens (tertiary/aromatic N) is 1. The van der Waals surface area contributed by atoms with Gasteiger partial charge in [-0.25, -0.2) is 4.79 Å². The molecule has 2 amide bonds. The van der Waals surface area contributed by atoms with E-state index in [-0.39, 0.29) is 6.03 Å². The lowest BCUT2D eigenvalue weighted by Gasteiger charge is -2.09. The van der Waals surface area contributed by atoms with Gasteiger partial charge in [0.25, 0.3) is 0 Å². The topological polar surface area (TPSA) is 54.0 Å². The second-order valence-electron chi connectivity index (χ2n) is 4.75. The van der Waals surface area contributed by atoms with Gasteiger partial charge in [0, 0.05) is 12.2 Å². The molecule has 0 aliphatic rings. The minimum Gasteiger partial charge on any atom is -0.338 e. The number of aromatic nitrogens is 1. The quantitative estimate of drug-likeness (QED) is 0.896. The monoisotopic (exact) mass is 269 g/mol. The van der Waals surface area contributed by atoms with E-state index in [1.54, 1.807) is 6.20 Å². The second kappa shape index (κ2) is 6.70. The van der Waals surface area contributed by atoms with Gasteiger partial charge in [-0.2, -0.15) is 0 Å². The Morgan fingerprint density at radius 1 is 1.15 bits per heavy atom. The maximum absolute atomic E-state index is 11.7. The summed E-state index contributed by atoms with van der Waals surface area (Å²) < 4.78 is 0. The number of carbonyl (C=O) groups excluding carboxylic acids is 1. The van der Waals surface area contributed by atoms with Crippen LogP contribution in [0.4, 0.5) is 10.5 Å². The molecular formula is C16H19N3O. The molecule has 1 aromatic carbocycles. The summed E-state index contributed by atoms with van der Waals surface area (Å²) in [7, 11) is 0. The van der Waals surface area contributed by atoms with Gasteiger partial charge in [0.15, 0.2) is 0 Å². The Morgan fingerprint density at radius 3 is 2.65 bits per heavy atom. The number of carbonyl (C=O) groups is 1. The van der Waals surface area contributed by atoms with Crippen LogP contribution < -0.4 is 10.6 Å². The lowest BCUT2D eigenvalue weighted by atomic mass is 10.1. The maximum Gasteiger partial charge on any atom is 0.319 e. The van der Waals surface area contributed by atoms with E-state index in [1.807, 2.05) is 31.2 Å². The van der Waals surface area contributed by atoms with E-state index in [2.05, 4.69) is 34.7 Å². The van der Waals surface area contributed by atoms with Crippen molar-refractivity contribution in [1.29, 1.82) is 0 Å². The zero-order valence-electron chi connectivity index (χ0n) is 11.8. The van der Waals surface area contributed by atoms with Crippen LogP contribution in [-0.4, -0.2) is 17.6 Å². The maximum atomic E-state index is 11.7. The molecule has 4 nitrogen and oxygen atoms in total. The first kappa shape index (κ1) is 14.1. The molecule has 0 fully saturated rings. The molecule has 0 bridgehead atoms. The van der Waals surface area contributed by atoms with E-state index in [0.717, 1.165) is 12.1 Å². The lowest BCUT2D eigenvalue weighted by Crippen LogP contribution is -2.30. The van der Waals surface area contributed by atoms with Gasteiger partial charge in [-0.1, -0.05) is 24.3 Å². The molecule has 1 heterocycles. The summed E-state index contributed by atoms with van der Waals surface area (Å²) in [6.45, 7) is 4.59. The lowest BCUT2D eigenvalue weighted by molar-refractivity contribution is 0.252. The van der Waals surface area contributed by atoms with Crippen molar-refractivity contribution in [3.8, 4) is 0 Å². The molecule has 0 aliphatic carbocycles. The highest BCUT2D eigenvalue weighted by Gasteiger charge is 2.02. The fourth-order valence-corrected chi connectivity index (χ4v) is 1.92. The molecule has 0 aliphatic heterocycles. The average molecular weight is 269 g/mol. The molecule has 104 valence electrons. The molecule has 0 spiro atoms. The average Bonchev–Trinajstić information content (AvgIpc) is 2.43. The van der Waals surface area contributed by atoms with Crippen molar-refractivity contribution in [3.63, 3.8) is 0 Å². The third kappa shape index (κ3) is 4.09. The molecule has 1 aromatic heterocycles. The number of benzene rings is 1. The van der Waals surface area contributed by atoms with Crippen LogP contribution in [0.15, 0.2) is 42.6 Å². The first-order valence-electron chi connectivity index (χ1n) is 6.67. The summed E-state index contributed by atoms with van der Waals surface area (Å²) in [5, 5.41) is 5.60. The van der Waals surface area contributed by atoms with Gasteiger partial charge in [0.1, 0.15) is 0 Å². The molecule has 0 atom stereocenters. The molecule has 0 unspecified atom stereocenters. The van der Waals surface area contributed by atoms with Gasteiger partial charge >= 0.3 is 6.03 Å². The van der Waals surface area contributed by atoms with Crippen molar-refractivity contribution in [2.45, 2.75) is 20.3 Å². The number of aryl methyl sites for hydroxylation is 2. The number of pyridine rings is 1. The zero-order valence-corrected chi connectivity index (χ0v) is 11.8. The summed E-state index contributed by atoms with van der Waals surface area (Å²) in [5.74, 6) is 0. The highest BCUT2D eigenvalue weighted by atomic mass is 16.2. The van der Waals surface area contributed by atoms with Crippen LogP contribution in [0, 0.1) is 13.8 Å². The molecule has 0 saturated heterocycles. The second-order valence-corrected chi connectivity index (χ2v) is 4.75. The fourth-order valence-electron chi connectivity index (χ4n) is 1.92. The smallest absolute Gasteiger partial charge is 0.319 e. The Bertz CT molecular complexity index is 579. The van der Waals surface area contributed by atoms with E-state index in [0.29, 0.717) is 12.2 Å². The number of urea groups is 1. The minimum atomic E-state index is -0.204. The van der Waals surface area contributed by atoms with Crippen molar-refractivity contribution < 1.29 is 4.79 Å². The number of nitrogens with one attached hydrogen (secondary N) is 2. The Labute approximate surface area is 119 Å². The van der Waals surface area contributed by atoms with Gasteiger partial charge in [0.05, 0.1) is 11.9 Å². The summed E-state index contributed by atoms with van der Waals surface area (Å²) in [6, 6.07) is 11.7. The van der Waals surface area contributed by atoms with E-state index >= 15 is 0 Å². The van der Waals surface area contributed by atoms with E-state index < -0.39 is 0 Å². The predicted octanol–water partition coefficient (Wildman–Crippen LogP) is 3.06. The number of hydrogen-bond donors (Lipinski definition) is 2. The van der Waals surface area contributed by atoms with Crippen LogP contribution in [0.1, 0.15) is 16.8 Å². The van der Waals surface area contributed by atoms with Crippen LogP contribution in [0.25, 0.3) is 0 Å². The van der Waals surface area contributed by atoms with Crippen LogP contribution in [0.2, 0.25) is 0 Å². The fraction of sp³-hybridized carbons (Fsp3) is 0.250. The summed E-state index contributed by atoms with van der Waals surface area (Å²) in [4.78, 5) is 15.9. The Kier molecular flexibility index (Phi) is 4.71. The van der Waals surface area contributed by atoms with Gasteiger partial charge in [0.2, 0.25) is 0 Å². The van der Waals surface area contributed by atoms with E-state index in [4.69, 9.17) is 0 Å². The number of anilines is 1. The molecular weight excluding hydrogens is 250 g/mol. The predicted molar refractivity (Wildman–Crippen MR) is 80.9 cm³/mol. The van der Waals surface area contributed by atoms with E-state index in [9.17, 15) is 4.79 Å². The number of amides is 2. The molecule has 20 heavy (non-hydrogen) atoms. The van der Waals surface area contributed by atoms with Crippen molar-refractivity contribution in [2.75, 3.05) is 11.9 Å². The minimum absolute atomic E-state index is 0.204. The van der Waals surface area contributed by atoms with Gasteiger partial charge in [-0.05, 0) is 43.5 Å². The number of rotatable bonds is 4. The van der Waals surface area contributed by atoms with Crippen LogP contribution in [0.3, 0.4) is 0 Å². The van der Waals surface area contributed by atoms with Crippen LogP contribution in [-0.2, 0) is 6.42 Å². The molecule has 2 rings (SSSR count). The Hall–Kier alpha value is -2.36. The third-order valence-corrected chi connectivity index (χ3v) is 3.11. The SMILES string of the molecule is Cc1ccc(NC(=O)NCCc2ccccc2C)cn1. The summed E-state index contributed by atoms with van der Waals surface area (Å²) >= 11 is 0. The number of hydrogen-bond acceptors (Lipinski definition) is 2. The highest BCUT2D eigenvalue weighted by molar-refractivity contribution is 5.88. The molecule has 0 saturated carbocycles. The summed E-state index contributed by atoms with van der Waals surface area (Å²) in [6.07, 6.45) is 2.47. The van der Waals surface area contributed by atoms with Crippen LogP contribution >= 0.6 is 0 Å². The first-order chi connectivity index (χ1) is 9.65. The molecule has 0 radical (unpaired) electrons. The Balaban J connectivity index is 1.78. The van der Waals surface area contributed by atoms with Gasteiger partial charge < -0.3 is 10.6 Å². The molecule has 4 heteroatoms. The molecule has 2 N–H and O–H groups in total. The van der Waals surface area contributed by atoms with Gasteiger partial charge in [-0.15, -0.1) is 0 Å². The van der Waals surface area contributed by atoms with E-state index in [1.165, 1.54) is 11.1 Å².